The summed E-state index contributed by atoms with van der Waals surface area (Å²) in [6, 6.07) is 0. The summed E-state index contributed by atoms with van der Waals surface area (Å²) in [6.45, 7) is 0.829. The number of carbonyl (C=O) groups is 1. The summed E-state index contributed by atoms with van der Waals surface area (Å²) in [7, 11) is 0. The summed E-state index contributed by atoms with van der Waals surface area (Å²) in [5.74, 6) is -1.22. The summed E-state index contributed by atoms with van der Waals surface area (Å²) >= 11 is 0. The fourth-order valence-electron chi connectivity index (χ4n) is 2.78. The monoisotopic (exact) mass is 318 g/mol. The number of rotatable bonds is 2. The number of likely N-dealkylation sites (tertiary alicyclic amines) is 1. The quantitative estimate of drug-likeness (QED) is 0.792. The number of amides is 1. The Morgan fingerprint density at radius 3 is 2.05 bits per heavy atom. The second-order valence-electron chi connectivity index (χ2n) is 5.79. The number of hydrogen-bond donors (Lipinski definition) is 1. The van der Waals surface area contributed by atoms with Crippen molar-refractivity contribution in [2.45, 2.75) is 25.7 Å². The summed E-state index contributed by atoms with van der Waals surface area (Å²) in [6.07, 6.45) is -12.0. The predicted octanol–water partition coefficient (Wildman–Crippen LogP) is 2.19. The molecule has 0 saturated carbocycles. The third kappa shape index (κ3) is 2.60. The van der Waals surface area contributed by atoms with Crippen LogP contribution in [0.2, 0.25) is 0 Å². The average molecular weight is 318 g/mol. The molecule has 2 heterocycles. The molecule has 9 heteroatoms. The largest absolute Gasteiger partial charge is 0.404 e. The van der Waals surface area contributed by atoms with Crippen LogP contribution in [0.3, 0.4) is 0 Å². The maximum Gasteiger partial charge on any atom is 0.404 e. The van der Waals surface area contributed by atoms with Gasteiger partial charge in [-0.2, -0.15) is 26.3 Å². The second-order valence-corrected chi connectivity index (χ2v) is 5.79. The van der Waals surface area contributed by atoms with Gasteiger partial charge in [-0.3, -0.25) is 4.79 Å². The van der Waals surface area contributed by atoms with Gasteiger partial charge in [0, 0.05) is 19.0 Å². The molecule has 2 saturated heterocycles. The third-order valence-corrected chi connectivity index (χ3v) is 4.58. The van der Waals surface area contributed by atoms with Crippen LogP contribution in [0.25, 0.3) is 0 Å². The Morgan fingerprint density at radius 1 is 1.19 bits per heavy atom. The molecule has 2 aliphatic rings. The van der Waals surface area contributed by atoms with Crippen LogP contribution in [-0.4, -0.2) is 49.3 Å². The van der Waals surface area contributed by atoms with Crippen molar-refractivity contribution >= 4 is 5.91 Å². The minimum absolute atomic E-state index is 0.0238. The molecule has 21 heavy (non-hydrogen) atoms. The SMILES string of the molecule is CC(C(=O)N1CCC(C(F)(F)F)(C(F)(F)F)C1)C1CNC1. The van der Waals surface area contributed by atoms with Crippen molar-refractivity contribution in [1.29, 1.82) is 0 Å². The molecule has 0 aromatic carbocycles. The van der Waals surface area contributed by atoms with E-state index in [1.54, 1.807) is 6.92 Å². The topological polar surface area (TPSA) is 32.3 Å². The van der Waals surface area contributed by atoms with E-state index in [2.05, 4.69) is 5.32 Å². The zero-order valence-corrected chi connectivity index (χ0v) is 11.3. The molecule has 1 amide bonds. The predicted molar refractivity (Wildman–Crippen MR) is 61.3 cm³/mol. The van der Waals surface area contributed by atoms with Crippen molar-refractivity contribution in [2.75, 3.05) is 26.2 Å². The first-order valence-electron chi connectivity index (χ1n) is 6.62. The van der Waals surface area contributed by atoms with Gasteiger partial charge in [-0.1, -0.05) is 6.92 Å². The maximum atomic E-state index is 12.9. The van der Waals surface area contributed by atoms with Crippen LogP contribution in [0, 0.1) is 17.3 Å². The fourth-order valence-corrected chi connectivity index (χ4v) is 2.78. The van der Waals surface area contributed by atoms with Crippen molar-refractivity contribution in [1.82, 2.24) is 10.2 Å². The van der Waals surface area contributed by atoms with E-state index in [0.29, 0.717) is 18.0 Å². The summed E-state index contributed by atoms with van der Waals surface area (Å²) in [5, 5.41) is 2.92. The van der Waals surface area contributed by atoms with E-state index < -0.39 is 49.1 Å². The molecule has 2 aliphatic heterocycles. The summed E-state index contributed by atoms with van der Waals surface area (Å²) in [4.78, 5) is 12.8. The lowest BCUT2D eigenvalue weighted by atomic mass is 9.85. The average Bonchev–Trinajstić information content (AvgIpc) is 2.69. The van der Waals surface area contributed by atoms with Gasteiger partial charge in [-0.15, -0.1) is 0 Å². The Balaban J connectivity index is 2.15. The highest BCUT2D eigenvalue weighted by Crippen LogP contribution is 2.55. The van der Waals surface area contributed by atoms with Crippen LogP contribution in [0.1, 0.15) is 13.3 Å². The van der Waals surface area contributed by atoms with Gasteiger partial charge in [0.15, 0.2) is 5.41 Å². The first kappa shape index (κ1) is 16.4. The standard InChI is InChI=1S/C12H16F6N2O/c1-7(8-4-19-5-8)9(21)20-3-2-10(6-20,11(13,14)15)12(16,17)18/h7-8,19H,2-6H2,1H3. The van der Waals surface area contributed by atoms with E-state index in [9.17, 15) is 31.1 Å². The Labute approximate surface area is 117 Å². The van der Waals surface area contributed by atoms with Crippen molar-refractivity contribution < 1.29 is 31.1 Å². The van der Waals surface area contributed by atoms with Crippen molar-refractivity contribution in [3.63, 3.8) is 0 Å². The zero-order chi connectivity index (χ0) is 16.1. The molecule has 1 atom stereocenters. The molecule has 0 aromatic heterocycles. The molecule has 1 unspecified atom stereocenters. The van der Waals surface area contributed by atoms with Crippen molar-refractivity contribution in [2.24, 2.45) is 17.3 Å². The van der Waals surface area contributed by atoms with Crippen molar-refractivity contribution in [3.05, 3.63) is 0 Å². The van der Waals surface area contributed by atoms with Gasteiger partial charge in [-0.25, -0.2) is 0 Å². The van der Waals surface area contributed by atoms with E-state index in [4.69, 9.17) is 0 Å². The highest BCUT2D eigenvalue weighted by atomic mass is 19.4. The number of halogens is 6. The van der Waals surface area contributed by atoms with Gasteiger partial charge in [0.05, 0.1) is 0 Å². The third-order valence-electron chi connectivity index (χ3n) is 4.58. The van der Waals surface area contributed by atoms with Gasteiger partial charge in [0.25, 0.3) is 0 Å². The summed E-state index contributed by atoms with van der Waals surface area (Å²) in [5.41, 5.74) is -3.80. The highest BCUT2D eigenvalue weighted by molar-refractivity contribution is 5.79. The van der Waals surface area contributed by atoms with E-state index in [-0.39, 0.29) is 5.92 Å². The van der Waals surface area contributed by atoms with Crippen LogP contribution in [0.4, 0.5) is 26.3 Å². The lowest BCUT2D eigenvalue weighted by Crippen LogP contribution is -2.54. The number of carbonyl (C=O) groups excluding carboxylic acids is 1. The first-order valence-corrected chi connectivity index (χ1v) is 6.62. The van der Waals surface area contributed by atoms with Crippen LogP contribution >= 0.6 is 0 Å². The molecule has 0 bridgehead atoms. The van der Waals surface area contributed by atoms with Crippen LogP contribution in [0.15, 0.2) is 0 Å². The van der Waals surface area contributed by atoms with E-state index in [1.807, 2.05) is 0 Å². The molecule has 3 nitrogen and oxygen atoms in total. The van der Waals surface area contributed by atoms with Crippen LogP contribution in [-0.2, 0) is 4.79 Å². The zero-order valence-electron chi connectivity index (χ0n) is 11.3. The maximum absolute atomic E-state index is 12.9. The minimum atomic E-state index is -5.42. The first-order chi connectivity index (χ1) is 9.49. The molecule has 0 radical (unpaired) electrons. The van der Waals surface area contributed by atoms with E-state index in [1.165, 1.54) is 0 Å². The molecule has 122 valence electrons. The number of nitrogens with zero attached hydrogens (tertiary/aromatic N) is 1. The van der Waals surface area contributed by atoms with E-state index in [0.717, 1.165) is 0 Å². The summed E-state index contributed by atoms with van der Waals surface area (Å²) < 4.78 is 77.5. The Morgan fingerprint density at radius 2 is 1.71 bits per heavy atom. The number of hydrogen-bond acceptors (Lipinski definition) is 2. The molecule has 0 aliphatic carbocycles. The lowest BCUT2D eigenvalue weighted by Gasteiger charge is -2.36. The molecular weight excluding hydrogens is 302 g/mol. The number of alkyl halides is 6. The molecule has 2 fully saturated rings. The Hall–Kier alpha value is -0.990. The van der Waals surface area contributed by atoms with E-state index >= 15 is 0 Å². The van der Waals surface area contributed by atoms with Gasteiger partial charge in [-0.05, 0) is 25.4 Å². The molecule has 1 N–H and O–H groups in total. The molecule has 0 spiro atoms. The van der Waals surface area contributed by atoms with Crippen LogP contribution < -0.4 is 5.32 Å². The Kier molecular flexibility index (Phi) is 3.92. The Bertz CT molecular complexity index is 401. The normalized spacial score (nSPS) is 24.8. The second kappa shape index (κ2) is 5.03. The van der Waals surface area contributed by atoms with Gasteiger partial charge >= 0.3 is 12.4 Å². The molecule has 2 rings (SSSR count). The fraction of sp³-hybridized carbons (Fsp3) is 0.917. The molecular formula is C12H16F6N2O. The number of nitrogens with one attached hydrogen (secondary N) is 1. The van der Waals surface area contributed by atoms with Crippen molar-refractivity contribution in [3.8, 4) is 0 Å². The van der Waals surface area contributed by atoms with Gasteiger partial charge < -0.3 is 10.2 Å². The molecule has 0 aromatic rings. The highest BCUT2D eigenvalue weighted by Gasteiger charge is 2.73. The van der Waals surface area contributed by atoms with Gasteiger partial charge in [0.1, 0.15) is 0 Å². The van der Waals surface area contributed by atoms with Crippen LogP contribution in [0.5, 0.6) is 0 Å². The smallest absolute Gasteiger partial charge is 0.341 e. The lowest BCUT2D eigenvalue weighted by molar-refractivity contribution is -0.334. The van der Waals surface area contributed by atoms with Gasteiger partial charge in [0.2, 0.25) is 5.91 Å². The minimum Gasteiger partial charge on any atom is -0.341 e.